The summed E-state index contributed by atoms with van der Waals surface area (Å²) in [5.74, 6) is -0.398. The molecule has 0 aromatic rings. The molecule has 0 bridgehead atoms. The Bertz CT molecular complexity index is 256. The number of aliphatic carboxylic acids is 1. The van der Waals surface area contributed by atoms with E-state index in [2.05, 4.69) is 12.6 Å². The second kappa shape index (κ2) is 25.6. The molecule has 0 aliphatic rings. The van der Waals surface area contributed by atoms with Gasteiger partial charge in [-0.3, -0.25) is 9.59 Å². The first-order valence-corrected chi connectivity index (χ1v) is 9.41. The van der Waals surface area contributed by atoms with Gasteiger partial charge in [0, 0.05) is 18.4 Å². The molecule has 25 heavy (non-hydrogen) atoms. The molecule has 0 aliphatic carbocycles. The standard InChI is InChI=1S/C6H12O.C4H8O2.C3H9N.C3H8O.C3H8S/c1-4-6(7)5(2)3;1-3(2)4(5)6;3*1-3(2)4/h5H,4H2,1-3H3;3H,1-2H3,(H,5,6);3H,4H2,1-2H3;2*3-4H,1-2H3. The van der Waals surface area contributed by atoms with Crippen molar-refractivity contribution in [2.45, 2.75) is 100.0 Å². The summed E-state index contributed by atoms with van der Waals surface area (Å²) >= 11 is 3.97. The van der Waals surface area contributed by atoms with Crippen molar-refractivity contribution in [2.75, 3.05) is 0 Å². The number of rotatable bonds is 3. The van der Waals surface area contributed by atoms with Crippen LogP contribution in [0.1, 0.15) is 82.6 Å². The summed E-state index contributed by atoms with van der Waals surface area (Å²) < 4.78 is 0. The summed E-state index contributed by atoms with van der Waals surface area (Å²) in [6.45, 7) is 20.4. The summed E-state index contributed by atoms with van der Waals surface area (Å²) in [5.41, 5.74) is 5.11. The van der Waals surface area contributed by atoms with E-state index in [1.54, 1.807) is 27.7 Å². The number of carboxylic acid groups (broad SMARTS) is 1. The highest BCUT2D eigenvalue weighted by Crippen LogP contribution is 1.95. The Hall–Kier alpha value is -0.590. The number of carbonyl (C=O) groups is 2. The maximum Gasteiger partial charge on any atom is 0.305 e. The number of hydrogen-bond donors (Lipinski definition) is 4. The molecule has 0 saturated carbocycles. The summed E-state index contributed by atoms with van der Waals surface area (Å²) in [7, 11) is 0. The fourth-order valence-electron chi connectivity index (χ4n) is 0.408. The molecule has 0 aliphatic heterocycles. The zero-order chi connectivity index (χ0) is 21.7. The van der Waals surface area contributed by atoms with Crippen molar-refractivity contribution in [1.82, 2.24) is 0 Å². The highest BCUT2D eigenvalue weighted by atomic mass is 32.1. The SMILES string of the molecule is CC(C)C(=O)O.CC(C)N.CC(C)O.CC(C)S.CCC(=O)C(C)C. The number of aliphatic hydroxyl groups excluding tert-OH is 1. The van der Waals surface area contributed by atoms with Gasteiger partial charge in [0.25, 0.3) is 0 Å². The first-order chi connectivity index (χ1) is 11.0. The fourth-order valence-corrected chi connectivity index (χ4v) is 0.408. The summed E-state index contributed by atoms with van der Waals surface area (Å²) in [6, 6.07) is 0.333. The van der Waals surface area contributed by atoms with Crippen LogP contribution >= 0.6 is 12.6 Å². The average molecular weight is 384 g/mol. The van der Waals surface area contributed by atoms with Crippen molar-refractivity contribution >= 4 is 24.4 Å². The Kier molecular flexibility index (Phi) is 36.4. The van der Waals surface area contributed by atoms with Gasteiger partial charge in [0.1, 0.15) is 5.78 Å². The Labute approximate surface area is 162 Å². The molecule has 0 fully saturated rings. The number of ketones is 1. The van der Waals surface area contributed by atoms with E-state index >= 15 is 0 Å². The molecule has 0 amide bonds. The minimum Gasteiger partial charge on any atom is -0.481 e. The third kappa shape index (κ3) is 121. The lowest BCUT2D eigenvalue weighted by Gasteiger charge is -1.96. The maximum atomic E-state index is 10.5. The van der Waals surface area contributed by atoms with Crippen LogP contribution in [0.5, 0.6) is 0 Å². The minimum atomic E-state index is -0.741. The van der Waals surface area contributed by atoms with E-state index in [1.165, 1.54) is 0 Å². The molecule has 0 heterocycles. The molecule has 0 atom stereocenters. The molecule has 6 heteroatoms. The molecule has 0 unspecified atom stereocenters. The van der Waals surface area contributed by atoms with Gasteiger partial charge in [0.05, 0.1) is 5.92 Å². The van der Waals surface area contributed by atoms with E-state index in [0.717, 1.165) is 0 Å². The topological polar surface area (TPSA) is 101 Å². The number of thiol groups is 1. The molecule has 0 spiro atoms. The smallest absolute Gasteiger partial charge is 0.305 e. The van der Waals surface area contributed by atoms with Crippen molar-refractivity contribution in [3.63, 3.8) is 0 Å². The molecule has 0 saturated heterocycles. The van der Waals surface area contributed by atoms with Crippen molar-refractivity contribution < 1.29 is 19.8 Å². The van der Waals surface area contributed by atoms with E-state index in [0.29, 0.717) is 23.5 Å². The van der Waals surface area contributed by atoms with E-state index < -0.39 is 5.97 Å². The minimum absolute atomic E-state index is 0.167. The zero-order valence-corrected chi connectivity index (χ0v) is 19.2. The van der Waals surface area contributed by atoms with Crippen LogP contribution in [-0.2, 0) is 9.59 Å². The Morgan fingerprint density at radius 2 is 1.04 bits per heavy atom. The lowest BCUT2D eigenvalue weighted by Crippen LogP contribution is -2.06. The van der Waals surface area contributed by atoms with Gasteiger partial charge in [-0.05, 0) is 25.1 Å². The summed E-state index contributed by atoms with van der Waals surface area (Å²) in [4.78, 5) is 20.2. The number of nitrogens with two attached hydrogens (primary N) is 1. The van der Waals surface area contributed by atoms with Crippen LogP contribution in [0.15, 0.2) is 0 Å². The van der Waals surface area contributed by atoms with Gasteiger partial charge in [-0.15, -0.1) is 0 Å². The van der Waals surface area contributed by atoms with Crippen molar-refractivity contribution in [3.8, 4) is 0 Å². The van der Waals surface area contributed by atoms with Crippen molar-refractivity contribution in [3.05, 3.63) is 0 Å². The van der Waals surface area contributed by atoms with E-state index in [-0.39, 0.29) is 17.9 Å². The normalized spacial score (nSPS) is 9.24. The van der Waals surface area contributed by atoms with Gasteiger partial charge in [-0.1, -0.05) is 62.3 Å². The lowest BCUT2D eigenvalue weighted by molar-refractivity contribution is -0.140. The molecule has 4 N–H and O–H groups in total. The Balaban J connectivity index is -0.0000000683. The van der Waals surface area contributed by atoms with Crippen LogP contribution < -0.4 is 5.73 Å². The third-order valence-corrected chi connectivity index (χ3v) is 1.49. The van der Waals surface area contributed by atoms with Crippen molar-refractivity contribution in [2.24, 2.45) is 17.6 Å². The number of carbonyl (C=O) groups excluding carboxylic acids is 1. The van der Waals surface area contributed by atoms with Crippen LogP contribution in [0.25, 0.3) is 0 Å². The predicted molar refractivity (Wildman–Crippen MR) is 113 cm³/mol. The molecule has 0 aromatic heterocycles. The molecular formula is C19H45NO4S. The van der Waals surface area contributed by atoms with Gasteiger partial charge < -0.3 is 15.9 Å². The number of carboxylic acids is 1. The molecule has 0 aromatic carbocycles. The maximum absolute atomic E-state index is 10.5. The molecule has 0 rings (SSSR count). The largest absolute Gasteiger partial charge is 0.481 e. The van der Waals surface area contributed by atoms with Gasteiger partial charge >= 0.3 is 5.97 Å². The lowest BCUT2D eigenvalue weighted by atomic mass is 10.1. The fraction of sp³-hybridized carbons (Fsp3) is 0.895. The highest BCUT2D eigenvalue weighted by molar-refractivity contribution is 7.80. The van der Waals surface area contributed by atoms with E-state index in [9.17, 15) is 9.59 Å². The van der Waals surface area contributed by atoms with Crippen LogP contribution in [0.3, 0.4) is 0 Å². The van der Waals surface area contributed by atoms with Gasteiger partial charge in [0.15, 0.2) is 0 Å². The van der Waals surface area contributed by atoms with E-state index in [1.807, 2.05) is 48.5 Å². The number of hydrogen-bond acceptors (Lipinski definition) is 5. The monoisotopic (exact) mass is 383 g/mol. The average Bonchev–Trinajstić information content (AvgIpc) is 2.36. The second-order valence-electron chi connectivity index (χ2n) is 6.90. The van der Waals surface area contributed by atoms with Crippen LogP contribution in [0.4, 0.5) is 0 Å². The highest BCUT2D eigenvalue weighted by Gasteiger charge is 2.00. The zero-order valence-electron chi connectivity index (χ0n) is 18.3. The molecule has 0 radical (unpaired) electrons. The quantitative estimate of drug-likeness (QED) is 0.541. The van der Waals surface area contributed by atoms with Crippen LogP contribution in [0.2, 0.25) is 0 Å². The second-order valence-corrected chi connectivity index (χ2v) is 7.93. The summed E-state index contributed by atoms with van der Waals surface area (Å²) in [6.07, 6.45) is 0.512. The number of Topliss-reactive ketones (excluding diaryl/α,β-unsaturated/α-hetero) is 1. The Morgan fingerprint density at radius 1 is 0.880 bits per heavy atom. The van der Waals surface area contributed by atoms with Gasteiger partial charge in [-0.25, -0.2) is 0 Å². The van der Waals surface area contributed by atoms with Crippen LogP contribution in [0, 0.1) is 11.8 Å². The van der Waals surface area contributed by atoms with Crippen LogP contribution in [-0.4, -0.2) is 39.4 Å². The van der Waals surface area contributed by atoms with E-state index in [4.69, 9.17) is 15.9 Å². The first kappa shape index (κ1) is 35.5. The van der Waals surface area contributed by atoms with Gasteiger partial charge in [0.2, 0.25) is 0 Å². The van der Waals surface area contributed by atoms with Crippen molar-refractivity contribution in [1.29, 1.82) is 0 Å². The molecular weight excluding hydrogens is 338 g/mol. The Morgan fingerprint density at radius 3 is 1.04 bits per heavy atom. The third-order valence-electron chi connectivity index (χ3n) is 1.49. The van der Waals surface area contributed by atoms with Gasteiger partial charge in [-0.2, -0.15) is 12.6 Å². The first-order valence-electron chi connectivity index (χ1n) is 8.89. The molecule has 5 nitrogen and oxygen atoms in total. The number of aliphatic hydroxyl groups is 1. The summed E-state index contributed by atoms with van der Waals surface area (Å²) in [5, 5.41) is 16.6. The molecule has 156 valence electrons. The predicted octanol–water partition coefficient (Wildman–Crippen LogP) is 4.41.